The summed E-state index contributed by atoms with van der Waals surface area (Å²) in [6, 6.07) is 5.69. The molecule has 2 N–H and O–H groups in total. The van der Waals surface area contributed by atoms with Crippen molar-refractivity contribution in [1.82, 2.24) is 15.0 Å². The van der Waals surface area contributed by atoms with E-state index in [1.54, 1.807) is 47.2 Å². The van der Waals surface area contributed by atoms with Gasteiger partial charge >= 0.3 is 0 Å². The lowest BCUT2D eigenvalue weighted by Gasteiger charge is -2.09. The third kappa shape index (κ3) is 3.58. The molecule has 3 heterocycles. The highest BCUT2D eigenvalue weighted by Crippen LogP contribution is 2.18. The molecule has 0 amide bonds. The Kier molecular flexibility index (Phi) is 4.58. The number of nitrogens with one attached hydrogen (secondary N) is 2. The molecule has 0 fully saturated rings. The largest absolute Gasteiger partial charge is 0.363 e. The van der Waals surface area contributed by atoms with Gasteiger partial charge in [0.05, 0.1) is 18.7 Å². The van der Waals surface area contributed by atoms with Gasteiger partial charge in [-0.2, -0.15) is 5.26 Å². The van der Waals surface area contributed by atoms with Crippen molar-refractivity contribution >= 4 is 34.3 Å². The van der Waals surface area contributed by atoms with Crippen molar-refractivity contribution < 1.29 is 0 Å². The fraction of sp³-hybridized carbons (Fsp3) is 0.143. The van der Waals surface area contributed by atoms with Crippen molar-refractivity contribution in [3.8, 4) is 6.07 Å². The number of thiazole rings is 2. The van der Waals surface area contributed by atoms with Crippen LogP contribution in [0.25, 0.3) is 0 Å². The monoisotopic (exact) mass is 328 g/mol. The fourth-order valence-corrected chi connectivity index (χ4v) is 2.90. The smallest absolute Gasteiger partial charge is 0.146 e. The molecule has 3 aromatic heterocycles. The maximum Gasteiger partial charge on any atom is 0.146 e. The van der Waals surface area contributed by atoms with E-state index in [-0.39, 0.29) is 0 Å². The van der Waals surface area contributed by atoms with E-state index in [0.717, 1.165) is 10.0 Å². The summed E-state index contributed by atoms with van der Waals surface area (Å²) in [7, 11) is 0. The van der Waals surface area contributed by atoms with Gasteiger partial charge in [0, 0.05) is 23.2 Å². The average molecular weight is 328 g/mol. The molecule has 0 spiro atoms. The molecule has 3 aromatic rings. The Morgan fingerprint density at radius 1 is 1.00 bits per heavy atom. The molecule has 0 aliphatic rings. The number of hydrogen-bond acceptors (Lipinski definition) is 8. The molecule has 6 nitrogen and oxygen atoms in total. The number of nitriles is 1. The molecule has 0 atom stereocenters. The summed E-state index contributed by atoms with van der Waals surface area (Å²) in [6.07, 6.45) is 3.53. The van der Waals surface area contributed by atoms with Crippen LogP contribution >= 0.6 is 22.7 Å². The highest BCUT2D eigenvalue weighted by Gasteiger charge is 2.07. The van der Waals surface area contributed by atoms with E-state index in [0.29, 0.717) is 30.3 Å². The first-order chi connectivity index (χ1) is 10.8. The summed E-state index contributed by atoms with van der Waals surface area (Å²) in [5.74, 6) is 1.26. The second-order valence-electron chi connectivity index (χ2n) is 4.26. The third-order valence-corrected chi connectivity index (χ3v) is 4.37. The Labute approximate surface area is 135 Å². The molecular weight excluding hydrogens is 316 g/mol. The van der Waals surface area contributed by atoms with Crippen molar-refractivity contribution in [2.45, 2.75) is 13.1 Å². The SMILES string of the molecule is N#Cc1ccc(NCc2nccs2)nc1NCc1nccs1. The van der Waals surface area contributed by atoms with Gasteiger partial charge in [-0.1, -0.05) is 0 Å². The normalized spacial score (nSPS) is 10.1. The summed E-state index contributed by atoms with van der Waals surface area (Å²) in [4.78, 5) is 12.9. The zero-order chi connectivity index (χ0) is 15.2. The minimum Gasteiger partial charge on any atom is -0.363 e. The van der Waals surface area contributed by atoms with Gasteiger partial charge in [-0.25, -0.2) is 15.0 Å². The molecule has 0 saturated heterocycles. The van der Waals surface area contributed by atoms with Crippen LogP contribution in [0.1, 0.15) is 15.6 Å². The van der Waals surface area contributed by atoms with E-state index < -0.39 is 0 Å². The summed E-state index contributed by atoms with van der Waals surface area (Å²) in [6.45, 7) is 1.16. The van der Waals surface area contributed by atoms with Crippen LogP contribution in [0.15, 0.2) is 35.3 Å². The van der Waals surface area contributed by atoms with Gasteiger partial charge in [0.1, 0.15) is 27.7 Å². The maximum absolute atomic E-state index is 9.17. The Bertz CT molecular complexity index is 761. The number of hydrogen-bond donors (Lipinski definition) is 2. The van der Waals surface area contributed by atoms with Crippen molar-refractivity contribution in [1.29, 1.82) is 5.26 Å². The van der Waals surface area contributed by atoms with Gasteiger partial charge < -0.3 is 10.6 Å². The van der Waals surface area contributed by atoms with Crippen LogP contribution < -0.4 is 10.6 Å². The highest BCUT2D eigenvalue weighted by molar-refractivity contribution is 7.09. The molecule has 22 heavy (non-hydrogen) atoms. The zero-order valence-electron chi connectivity index (χ0n) is 11.5. The van der Waals surface area contributed by atoms with Gasteiger partial charge in [-0.05, 0) is 12.1 Å². The lowest BCUT2D eigenvalue weighted by Crippen LogP contribution is -2.06. The van der Waals surface area contributed by atoms with Crippen LogP contribution in [0.5, 0.6) is 0 Å². The molecule has 0 radical (unpaired) electrons. The Morgan fingerprint density at radius 2 is 1.68 bits per heavy atom. The van der Waals surface area contributed by atoms with E-state index in [2.05, 4.69) is 31.7 Å². The molecule has 3 rings (SSSR count). The molecule has 0 saturated carbocycles. The topological polar surface area (TPSA) is 86.5 Å². The first-order valence-electron chi connectivity index (χ1n) is 6.51. The highest BCUT2D eigenvalue weighted by atomic mass is 32.1. The lowest BCUT2D eigenvalue weighted by molar-refractivity contribution is 1.05. The second-order valence-corrected chi connectivity index (χ2v) is 6.22. The summed E-state index contributed by atoms with van der Waals surface area (Å²) in [5.41, 5.74) is 0.511. The average Bonchev–Trinajstić information content (AvgIpc) is 3.24. The van der Waals surface area contributed by atoms with E-state index in [4.69, 9.17) is 0 Å². The van der Waals surface area contributed by atoms with E-state index in [1.165, 1.54) is 0 Å². The summed E-state index contributed by atoms with van der Waals surface area (Å²) < 4.78 is 0. The number of aromatic nitrogens is 3. The van der Waals surface area contributed by atoms with Crippen molar-refractivity contribution in [3.05, 3.63) is 50.9 Å². The minimum absolute atomic E-state index is 0.511. The van der Waals surface area contributed by atoms with Crippen LogP contribution in [-0.4, -0.2) is 15.0 Å². The summed E-state index contributed by atoms with van der Waals surface area (Å²) in [5, 5.41) is 21.3. The predicted octanol–water partition coefficient (Wildman–Crippen LogP) is 3.09. The molecule has 0 aromatic carbocycles. The van der Waals surface area contributed by atoms with Gasteiger partial charge in [-0.3, -0.25) is 0 Å². The Balaban J connectivity index is 1.70. The summed E-state index contributed by atoms with van der Waals surface area (Å²) >= 11 is 3.15. The fourth-order valence-electron chi connectivity index (χ4n) is 1.79. The standard InChI is InChI=1S/C14H12N6S2/c15-7-10-1-2-11(18-8-12-16-3-5-21-12)20-14(10)19-9-13-17-4-6-22-13/h1-6H,8-9H2,(H2,18,19,20). The Morgan fingerprint density at radius 3 is 2.27 bits per heavy atom. The van der Waals surface area contributed by atoms with Crippen LogP contribution in [0.2, 0.25) is 0 Å². The van der Waals surface area contributed by atoms with Crippen molar-refractivity contribution in [3.63, 3.8) is 0 Å². The second kappa shape index (κ2) is 6.98. The van der Waals surface area contributed by atoms with E-state index in [1.807, 2.05) is 10.8 Å². The molecule has 8 heteroatoms. The maximum atomic E-state index is 9.17. The quantitative estimate of drug-likeness (QED) is 0.723. The van der Waals surface area contributed by atoms with Crippen molar-refractivity contribution in [2.75, 3.05) is 10.6 Å². The van der Waals surface area contributed by atoms with E-state index in [9.17, 15) is 5.26 Å². The van der Waals surface area contributed by atoms with Gasteiger partial charge in [-0.15, -0.1) is 22.7 Å². The lowest BCUT2D eigenvalue weighted by atomic mass is 10.2. The van der Waals surface area contributed by atoms with Gasteiger partial charge in [0.15, 0.2) is 0 Å². The molecule has 0 aliphatic carbocycles. The number of rotatable bonds is 6. The number of pyridine rings is 1. The molecule has 0 unspecified atom stereocenters. The Hall–Kier alpha value is -2.50. The molecular formula is C14H12N6S2. The number of nitrogens with zero attached hydrogens (tertiary/aromatic N) is 4. The van der Waals surface area contributed by atoms with Crippen LogP contribution in [-0.2, 0) is 13.1 Å². The third-order valence-electron chi connectivity index (χ3n) is 2.81. The number of anilines is 2. The van der Waals surface area contributed by atoms with Gasteiger partial charge in [0.2, 0.25) is 0 Å². The van der Waals surface area contributed by atoms with Crippen molar-refractivity contribution in [2.24, 2.45) is 0 Å². The molecule has 110 valence electrons. The van der Waals surface area contributed by atoms with E-state index >= 15 is 0 Å². The van der Waals surface area contributed by atoms with Crippen LogP contribution in [0, 0.1) is 11.3 Å². The minimum atomic E-state index is 0.511. The van der Waals surface area contributed by atoms with Crippen LogP contribution in [0.3, 0.4) is 0 Å². The first-order valence-corrected chi connectivity index (χ1v) is 8.26. The van der Waals surface area contributed by atoms with Gasteiger partial charge in [0.25, 0.3) is 0 Å². The first kappa shape index (κ1) is 14.4. The van der Waals surface area contributed by atoms with Crippen LogP contribution in [0.4, 0.5) is 11.6 Å². The molecule has 0 aliphatic heterocycles. The zero-order valence-corrected chi connectivity index (χ0v) is 13.1. The predicted molar refractivity (Wildman–Crippen MR) is 87.8 cm³/mol. The molecule has 0 bridgehead atoms.